The molecule has 8 nitrogen and oxygen atoms in total. The molecule has 11 heteroatoms. The molecular weight excluding hydrogens is 495 g/mol. The van der Waals surface area contributed by atoms with Crippen molar-refractivity contribution in [2.45, 2.75) is 97.7 Å². The number of aliphatic imine (C=N–C) groups is 1. The number of hydrogen-bond donors (Lipinski definition) is 3. The molecule has 1 aliphatic rings. The predicted octanol–water partition coefficient (Wildman–Crippen LogP) is 5.79. The minimum atomic E-state index is -4.63. The molecule has 1 atom stereocenters. The summed E-state index contributed by atoms with van der Waals surface area (Å²) in [6.07, 6.45) is 6.05. The first-order valence-corrected chi connectivity index (χ1v) is 13.8. The van der Waals surface area contributed by atoms with Crippen LogP contribution in [0.25, 0.3) is 0 Å². The number of nitrogens with two attached hydrogens (primary N) is 1. The van der Waals surface area contributed by atoms with Crippen molar-refractivity contribution in [1.82, 2.24) is 20.2 Å². The Balaban J connectivity index is 2.18. The van der Waals surface area contributed by atoms with Crippen molar-refractivity contribution in [3.8, 4) is 0 Å². The van der Waals surface area contributed by atoms with Crippen LogP contribution in [-0.4, -0.2) is 52.3 Å². The van der Waals surface area contributed by atoms with Crippen molar-refractivity contribution in [1.29, 1.82) is 0 Å². The molecule has 1 amide bonds. The van der Waals surface area contributed by atoms with Crippen molar-refractivity contribution in [3.63, 3.8) is 0 Å². The molecule has 1 aromatic heterocycles. The second-order valence-corrected chi connectivity index (χ2v) is 10.0. The summed E-state index contributed by atoms with van der Waals surface area (Å²) in [6.45, 7) is 9.46. The smallest absolute Gasteiger partial charge is 0.388 e. The Kier molecular flexibility index (Phi) is 12.8. The lowest BCUT2D eigenvalue weighted by Crippen LogP contribution is -2.36. The molecule has 1 aliphatic heterocycles. The van der Waals surface area contributed by atoms with E-state index in [0.29, 0.717) is 32.0 Å². The number of nitrogens with one attached hydrogen (secondary N) is 2. The van der Waals surface area contributed by atoms with Gasteiger partial charge < -0.3 is 21.3 Å². The molecule has 38 heavy (non-hydrogen) atoms. The number of rotatable bonds is 14. The van der Waals surface area contributed by atoms with Crippen molar-refractivity contribution in [2.24, 2.45) is 16.6 Å². The van der Waals surface area contributed by atoms with E-state index in [-0.39, 0.29) is 36.0 Å². The highest BCUT2D eigenvalue weighted by Crippen LogP contribution is 2.34. The van der Waals surface area contributed by atoms with Gasteiger partial charge in [-0.1, -0.05) is 47.0 Å². The lowest BCUT2D eigenvalue weighted by Gasteiger charge is -2.25. The van der Waals surface area contributed by atoms with Gasteiger partial charge in [-0.05, 0) is 38.0 Å². The van der Waals surface area contributed by atoms with E-state index in [4.69, 9.17) is 5.73 Å². The van der Waals surface area contributed by atoms with Crippen LogP contribution in [0, 0.1) is 5.92 Å². The second kappa shape index (κ2) is 15.5. The SMILES string of the molecule is CCCC(CCC)N/C=C(CC)\C(N)=N\c1ncc(C(F)(F)F)c(NCC(C)CN2CCCCCC2=O)n1. The summed E-state index contributed by atoms with van der Waals surface area (Å²) in [5, 5.41) is 6.22. The minimum absolute atomic E-state index is 0.0787. The van der Waals surface area contributed by atoms with E-state index in [1.54, 1.807) is 4.90 Å². The Bertz CT molecular complexity index is 943. The molecule has 1 unspecified atom stereocenters. The fraction of sp³-hybridized carbons (Fsp3) is 0.704. The highest BCUT2D eigenvalue weighted by Gasteiger charge is 2.35. The van der Waals surface area contributed by atoms with Crippen LogP contribution in [0.1, 0.15) is 91.0 Å². The number of likely N-dealkylation sites (tertiary alicyclic amines) is 1. The van der Waals surface area contributed by atoms with Crippen LogP contribution in [-0.2, 0) is 11.0 Å². The molecule has 0 bridgehead atoms. The average Bonchev–Trinajstić information content (AvgIpc) is 3.06. The van der Waals surface area contributed by atoms with Gasteiger partial charge in [0.2, 0.25) is 5.91 Å². The summed E-state index contributed by atoms with van der Waals surface area (Å²) in [5.74, 6) is -0.314. The molecule has 1 aromatic rings. The van der Waals surface area contributed by atoms with Gasteiger partial charge in [-0.3, -0.25) is 4.79 Å². The van der Waals surface area contributed by atoms with Gasteiger partial charge >= 0.3 is 6.18 Å². The van der Waals surface area contributed by atoms with Crippen LogP contribution < -0.4 is 16.4 Å². The maximum atomic E-state index is 13.7. The summed E-state index contributed by atoms with van der Waals surface area (Å²) < 4.78 is 41.0. The number of hydrogen-bond acceptors (Lipinski definition) is 6. The van der Waals surface area contributed by atoms with E-state index in [9.17, 15) is 18.0 Å². The summed E-state index contributed by atoms with van der Waals surface area (Å²) >= 11 is 0. The number of anilines is 1. The van der Waals surface area contributed by atoms with Crippen LogP contribution >= 0.6 is 0 Å². The zero-order valence-corrected chi connectivity index (χ0v) is 23.2. The zero-order valence-electron chi connectivity index (χ0n) is 23.2. The molecule has 2 rings (SSSR count). The van der Waals surface area contributed by atoms with Crippen molar-refractivity contribution in [2.75, 3.05) is 25.0 Å². The maximum Gasteiger partial charge on any atom is 0.421 e. The molecule has 2 heterocycles. The summed E-state index contributed by atoms with van der Waals surface area (Å²) in [6, 6.07) is 0.323. The van der Waals surface area contributed by atoms with Crippen LogP contribution in [0.15, 0.2) is 23.0 Å². The molecule has 0 saturated carbocycles. The van der Waals surface area contributed by atoms with Gasteiger partial charge in [0.15, 0.2) is 0 Å². The number of amidine groups is 1. The largest absolute Gasteiger partial charge is 0.421 e. The molecule has 1 saturated heterocycles. The van der Waals surface area contributed by atoms with Gasteiger partial charge in [0.1, 0.15) is 17.2 Å². The third-order valence-electron chi connectivity index (χ3n) is 6.60. The zero-order chi connectivity index (χ0) is 28.1. The number of amides is 1. The quantitative estimate of drug-likeness (QED) is 0.204. The van der Waals surface area contributed by atoms with Gasteiger partial charge in [-0.2, -0.15) is 23.1 Å². The summed E-state index contributed by atoms with van der Waals surface area (Å²) in [4.78, 5) is 26.2. The normalized spacial score (nSPS) is 16.5. The predicted molar refractivity (Wildman–Crippen MR) is 146 cm³/mol. The van der Waals surface area contributed by atoms with Crippen LogP contribution in [0.2, 0.25) is 0 Å². The molecule has 0 spiro atoms. The van der Waals surface area contributed by atoms with Crippen molar-refractivity contribution in [3.05, 3.63) is 23.5 Å². The Morgan fingerprint density at radius 1 is 1.21 bits per heavy atom. The van der Waals surface area contributed by atoms with Gasteiger partial charge in [-0.15, -0.1) is 0 Å². The Morgan fingerprint density at radius 2 is 1.92 bits per heavy atom. The van der Waals surface area contributed by atoms with Crippen molar-refractivity contribution < 1.29 is 18.0 Å². The number of halogens is 3. The number of alkyl halides is 3. The van der Waals surface area contributed by atoms with Gasteiger partial charge in [0.25, 0.3) is 5.95 Å². The van der Waals surface area contributed by atoms with Crippen LogP contribution in [0.3, 0.4) is 0 Å². The summed E-state index contributed by atoms with van der Waals surface area (Å²) in [5.41, 5.74) is 5.97. The van der Waals surface area contributed by atoms with E-state index in [1.165, 1.54) is 0 Å². The first-order valence-electron chi connectivity index (χ1n) is 13.8. The third-order valence-corrected chi connectivity index (χ3v) is 6.60. The highest BCUT2D eigenvalue weighted by molar-refractivity contribution is 5.98. The van der Waals surface area contributed by atoms with Gasteiger partial charge in [0.05, 0.1) is 0 Å². The molecule has 0 aromatic carbocycles. The molecule has 0 aliphatic carbocycles. The Morgan fingerprint density at radius 3 is 2.55 bits per heavy atom. The maximum absolute atomic E-state index is 13.7. The molecule has 1 fully saturated rings. The first kappa shape index (κ1) is 31.4. The van der Waals surface area contributed by atoms with E-state index in [1.807, 2.05) is 20.0 Å². The van der Waals surface area contributed by atoms with Crippen LogP contribution in [0.4, 0.5) is 24.9 Å². The van der Waals surface area contributed by atoms with E-state index in [0.717, 1.165) is 56.7 Å². The van der Waals surface area contributed by atoms with Gasteiger partial charge in [0, 0.05) is 50.1 Å². The van der Waals surface area contributed by atoms with E-state index >= 15 is 0 Å². The Hall–Kier alpha value is -2.85. The first-order chi connectivity index (χ1) is 18.1. The van der Waals surface area contributed by atoms with E-state index in [2.05, 4.69) is 39.4 Å². The molecule has 0 radical (unpaired) electrons. The standard InChI is InChI=1S/C27H44F3N7O/c1-5-11-21(12-6-2)32-16-20(7-3)24(31)35-26-34-17-22(27(28,29)30)25(36-26)33-15-19(4)18-37-14-10-8-9-13-23(37)38/h16-17,19,21,32H,5-15,18H2,1-4H3,(H3,31,33,34,35,36)/b20-16-. The third kappa shape index (κ3) is 10.1. The minimum Gasteiger partial charge on any atom is -0.388 e. The van der Waals surface area contributed by atoms with E-state index < -0.39 is 11.7 Å². The molecule has 4 N–H and O–H groups in total. The average molecular weight is 540 g/mol. The monoisotopic (exact) mass is 539 g/mol. The lowest BCUT2D eigenvalue weighted by molar-refractivity contribution is -0.137. The van der Waals surface area contributed by atoms with Crippen molar-refractivity contribution >= 4 is 23.5 Å². The van der Waals surface area contributed by atoms with Crippen LogP contribution in [0.5, 0.6) is 0 Å². The highest BCUT2D eigenvalue weighted by atomic mass is 19.4. The topological polar surface area (TPSA) is 109 Å². The van der Waals surface area contributed by atoms with Gasteiger partial charge in [-0.25, -0.2) is 4.98 Å². The number of carbonyl (C=O) groups is 1. The summed E-state index contributed by atoms with van der Waals surface area (Å²) in [7, 11) is 0. The molecule has 214 valence electrons. The second-order valence-electron chi connectivity index (χ2n) is 10.0. The fourth-order valence-corrected chi connectivity index (χ4v) is 4.47. The molecular formula is C27H44F3N7O. The number of aromatic nitrogens is 2. The number of nitrogens with zero attached hydrogens (tertiary/aromatic N) is 4. The fourth-order valence-electron chi connectivity index (χ4n) is 4.47. The lowest BCUT2D eigenvalue weighted by atomic mass is 10.1. The number of carbonyl (C=O) groups excluding carboxylic acids is 1. The Labute approximate surface area is 224 Å².